The minimum atomic E-state index is 0.754. The van der Waals surface area contributed by atoms with Gasteiger partial charge in [0.1, 0.15) is 11.2 Å². The van der Waals surface area contributed by atoms with Crippen molar-refractivity contribution in [1.29, 1.82) is 0 Å². The molecular weight excluding hydrogens is 587 g/mol. The molecular formula is C44H35N3O. The van der Waals surface area contributed by atoms with Gasteiger partial charge in [0.15, 0.2) is 0 Å². The molecule has 7 aromatic rings. The third-order valence-electron chi connectivity index (χ3n) is 8.28. The van der Waals surface area contributed by atoms with Gasteiger partial charge in [-0.1, -0.05) is 116 Å². The second kappa shape index (κ2) is 13.9. The summed E-state index contributed by atoms with van der Waals surface area (Å²) in [5.41, 5.74) is 17.2. The van der Waals surface area contributed by atoms with E-state index in [0.717, 1.165) is 79.1 Å². The van der Waals surface area contributed by atoms with Crippen molar-refractivity contribution >= 4 is 56.5 Å². The van der Waals surface area contributed by atoms with E-state index in [1.807, 2.05) is 97.2 Å². The normalized spacial score (nSPS) is 14.1. The summed E-state index contributed by atoms with van der Waals surface area (Å²) in [5, 5.41) is 2.19. The molecule has 0 fully saturated rings. The maximum Gasteiger partial charge on any atom is 0.135 e. The van der Waals surface area contributed by atoms with Crippen LogP contribution in [0.5, 0.6) is 0 Å². The van der Waals surface area contributed by atoms with Crippen LogP contribution in [-0.2, 0) is 0 Å². The number of nitrogens with zero attached hydrogens (tertiary/aromatic N) is 2. The Morgan fingerprint density at radius 1 is 0.667 bits per heavy atom. The average molecular weight is 622 g/mol. The minimum Gasteiger partial charge on any atom is -0.456 e. The summed E-state index contributed by atoms with van der Waals surface area (Å²) in [5.74, 6) is 0. The van der Waals surface area contributed by atoms with Crippen LogP contribution in [0.1, 0.15) is 11.1 Å². The maximum atomic E-state index is 6.18. The van der Waals surface area contributed by atoms with Crippen molar-refractivity contribution in [3.63, 3.8) is 0 Å². The van der Waals surface area contributed by atoms with Gasteiger partial charge in [-0.25, -0.2) is 0 Å². The number of para-hydroxylation sites is 2. The van der Waals surface area contributed by atoms with Gasteiger partial charge in [0.25, 0.3) is 0 Å². The fourth-order valence-corrected chi connectivity index (χ4v) is 5.86. The fourth-order valence-electron chi connectivity index (χ4n) is 5.86. The van der Waals surface area contributed by atoms with Crippen molar-refractivity contribution in [1.82, 2.24) is 0 Å². The summed E-state index contributed by atoms with van der Waals surface area (Å²) in [4.78, 5) is 6.67. The van der Waals surface area contributed by atoms with Gasteiger partial charge >= 0.3 is 0 Å². The van der Waals surface area contributed by atoms with Crippen LogP contribution in [0, 0.1) is 0 Å². The second-order valence-electron chi connectivity index (χ2n) is 11.6. The molecule has 232 valence electrons. The summed E-state index contributed by atoms with van der Waals surface area (Å²) in [6, 6.07) is 49.1. The molecule has 1 aliphatic heterocycles. The Morgan fingerprint density at radius 2 is 1.38 bits per heavy atom. The van der Waals surface area contributed by atoms with Crippen molar-refractivity contribution in [3.05, 3.63) is 188 Å². The molecule has 2 heterocycles. The van der Waals surface area contributed by atoms with E-state index in [1.54, 1.807) is 0 Å². The Labute approximate surface area is 281 Å². The van der Waals surface area contributed by atoms with Crippen molar-refractivity contribution in [2.24, 2.45) is 4.99 Å². The highest BCUT2D eigenvalue weighted by Gasteiger charge is 2.16. The minimum absolute atomic E-state index is 0.754. The van der Waals surface area contributed by atoms with Crippen molar-refractivity contribution in [2.45, 2.75) is 0 Å². The zero-order valence-electron chi connectivity index (χ0n) is 26.5. The summed E-state index contributed by atoms with van der Waals surface area (Å²) >= 11 is 0. The summed E-state index contributed by atoms with van der Waals surface area (Å²) in [6.07, 6.45) is 10.2. The first kappa shape index (κ1) is 30.3. The molecule has 6 aromatic carbocycles. The number of nitrogen functional groups attached to an aromatic ring is 1. The lowest BCUT2D eigenvalue weighted by Gasteiger charge is -2.26. The summed E-state index contributed by atoms with van der Waals surface area (Å²) < 4.78 is 6.18. The third kappa shape index (κ3) is 6.74. The first-order valence-corrected chi connectivity index (χ1v) is 16.0. The number of benzene rings is 6. The van der Waals surface area contributed by atoms with E-state index in [2.05, 4.69) is 95.4 Å². The molecule has 4 nitrogen and oxygen atoms in total. The predicted octanol–water partition coefficient (Wildman–Crippen LogP) is 11.5. The van der Waals surface area contributed by atoms with Crippen LogP contribution in [-0.4, -0.2) is 12.8 Å². The molecule has 48 heavy (non-hydrogen) atoms. The topological polar surface area (TPSA) is 54.8 Å². The van der Waals surface area contributed by atoms with Crippen molar-refractivity contribution in [3.8, 4) is 11.1 Å². The summed E-state index contributed by atoms with van der Waals surface area (Å²) in [7, 11) is 0. The quantitative estimate of drug-likeness (QED) is 0.157. The molecule has 0 amide bonds. The SMILES string of the molecule is C(=Nc1ccccc1)c1ccccc1.C=C1/C=C\C=C/CN(c2ccc3oc4ccc(-c5cccc(N)c5)cc4c3c2)c2ccccc21. The highest BCUT2D eigenvalue weighted by Crippen LogP contribution is 2.38. The Kier molecular flexibility index (Phi) is 8.79. The Bertz CT molecular complexity index is 2250. The number of aliphatic imine (C=N–C) groups is 1. The van der Waals surface area contributed by atoms with Crippen LogP contribution in [0.15, 0.2) is 186 Å². The number of furan rings is 1. The molecule has 0 unspecified atom stereocenters. The number of fused-ring (bicyclic) bond motifs is 4. The average Bonchev–Trinajstić information content (AvgIpc) is 3.53. The highest BCUT2D eigenvalue weighted by atomic mass is 16.3. The lowest BCUT2D eigenvalue weighted by Crippen LogP contribution is -2.18. The van der Waals surface area contributed by atoms with Crippen molar-refractivity contribution in [2.75, 3.05) is 17.2 Å². The van der Waals surface area contributed by atoms with Crippen LogP contribution in [0.4, 0.5) is 22.7 Å². The maximum absolute atomic E-state index is 6.18. The van der Waals surface area contributed by atoms with E-state index >= 15 is 0 Å². The van der Waals surface area contributed by atoms with Crippen LogP contribution < -0.4 is 10.6 Å². The van der Waals surface area contributed by atoms with Crippen LogP contribution in [0.25, 0.3) is 38.6 Å². The lowest BCUT2D eigenvalue weighted by atomic mass is 10.0. The Hall–Kier alpha value is -6.39. The number of nitrogens with two attached hydrogens (primary N) is 1. The molecule has 1 aliphatic rings. The zero-order chi connectivity index (χ0) is 32.7. The van der Waals surface area contributed by atoms with Gasteiger partial charge < -0.3 is 15.1 Å². The smallest absolute Gasteiger partial charge is 0.135 e. The van der Waals surface area contributed by atoms with E-state index in [0.29, 0.717) is 0 Å². The molecule has 2 N–H and O–H groups in total. The van der Waals surface area contributed by atoms with Crippen molar-refractivity contribution < 1.29 is 4.42 Å². The number of allylic oxidation sites excluding steroid dienone is 4. The highest BCUT2D eigenvalue weighted by molar-refractivity contribution is 6.07. The van der Waals surface area contributed by atoms with Crippen LogP contribution in [0.2, 0.25) is 0 Å². The lowest BCUT2D eigenvalue weighted by molar-refractivity contribution is 0.669. The Balaban J connectivity index is 0.000000218. The third-order valence-corrected chi connectivity index (χ3v) is 8.28. The first-order chi connectivity index (χ1) is 23.6. The molecule has 0 saturated heterocycles. The molecule has 0 bridgehead atoms. The number of anilines is 3. The first-order valence-electron chi connectivity index (χ1n) is 16.0. The molecule has 1 aromatic heterocycles. The van der Waals surface area contributed by atoms with Gasteiger partial charge in [-0.2, -0.15) is 0 Å². The van der Waals surface area contributed by atoms with E-state index in [4.69, 9.17) is 10.2 Å². The Morgan fingerprint density at radius 3 is 2.19 bits per heavy atom. The molecule has 0 spiro atoms. The predicted molar refractivity (Wildman–Crippen MR) is 204 cm³/mol. The molecule has 0 radical (unpaired) electrons. The van der Waals surface area contributed by atoms with Gasteiger partial charge in [0, 0.05) is 46.2 Å². The number of rotatable bonds is 4. The largest absolute Gasteiger partial charge is 0.456 e. The van der Waals surface area contributed by atoms with Gasteiger partial charge in [-0.3, -0.25) is 4.99 Å². The number of hydrogen-bond donors (Lipinski definition) is 1. The van der Waals surface area contributed by atoms with E-state index in [9.17, 15) is 0 Å². The zero-order valence-corrected chi connectivity index (χ0v) is 26.5. The van der Waals surface area contributed by atoms with Gasteiger partial charge in [-0.15, -0.1) is 0 Å². The molecule has 0 atom stereocenters. The monoisotopic (exact) mass is 621 g/mol. The fraction of sp³-hybridized carbons (Fsp3) is 0.0227. The van der Waals surface area contributed by atoms with Crippen LogP contribution in [0.3, 0.4) is 0 Å². The molecule has 0 saturated carbocycles. The standard InChI is InChI=1S/C31H24N2O.C13H11N/c1-21-8-3-2-6-17-33(29-12-5-4-11-26(21)29)25-14-16-31-28(20-25)27-19-23(13-15-30(27)34-31)22-9-7-10-24(32)18-22;1-3-7-12(8-4-1)11-14-13-9-5-2-6-10-13/h2-16,18-20H,1,17,32H2;1-11H/b6-2-,8-3-;. The molecule has 0 aliphatic carbocycles. The summed E-state index contributed by atoms with van der Waals surface area (Å²) in [6.45, 7) is 5.04. The van der Waals surface area contributed by atoms with Crippen LogP contribution >= 0.6 is 0 Å². The molecule has 8 rings (SSSR count). The van der Waals surface area contributed by atoms with E-state index in [1.165, 1.54) is 0 Å². The van der Waals surface area contributed by atoms with E-state index < -0.39 is 0 Å². The van der Waals surface area contributed by atoms with Gasteiger partial charge in [0.2, 0.25) is 0 Å². The van der Waals surface area contributed by atoms with Gasteiger partial charge in [0.05, 0.1) is 5.69 Å². The van der Waals surface area contributed by atoms with Gasteiger partial charge in [-0.05, 0) is 82.9 Å². The number of hydrogen-bond acceptors (Lipinski definition) is 4. The van der Waals surface area contributed by atoms with E-state index in [-0.39, 0.29) is 0 Å². The second-order valence-corrected chi connectivity index (χ2v) is 11.6. The molecule has 4 heteroatoms.